The van der Waals surface area contributed by atoms with Crippen LogP contribution in [-0.2, 0) is 22.7 Å². The highest BCUT2D eigenvalue weighted by Gasteiger charge is 2.22. The van der Waals surface area contributed by atoms with E-state index in [4.69, 9.17) is 18.6 Å². The van der Waals surface area contributed by atoms with Gasteiger partial charge < -0.3 is 18.6 Å². The van der Waals surface area contributed by atoms with E-state index in [0.29, 0.717) is 16.9 Å². The zero-order chi connectivity index (χ0) is 16.9. The lowest BCUT2D eigenvalue weighted by molar-refractivity contribution is 0.0430. The van der Waals surface area contributed by atoms with E-state index in [2.05, 4.69) is 0 Å². The first kappa shape index (κ1) is 16.1. The van der Waals surface area contributed by atoms with Gasteiger partial charge >= 0.3 is 5.97 Å². The number of carbonyl (C=O) groups excluding carboxylic acids is 1. The molecule has 0 aliphatic heterocycles. The molecule has 0 bridgehead atoms. The van der Waals surface area contributed by atoms with Gasteiger partial charge in [-0.15, -0.1) is 0 Å². The van der Waals surface area contributed by atoms with Gasteiger partial charge in [-0.1, -0.05) is 36.4 Å². The van der Waals surface area contributed by atoms with Crippen LogP contribution in [0.25, 0.3) is 11.0 Å². The van der Waals surface area contributed by atoms with Crippen LogP contribution < -0.4 is 4.74 Å². The molecule has 0 aliphatic carbocycles. The number of fused-ring (bicyclic) bond motifs is 1. The SMILES string of the molecule is COCc1c(C(=O)OCc2ccccc2OC)oc2ccccc12. The molecule has 1 heterocycles. The van der Waals surface area contributed by atoms with Crippen molar-refractivity contribution in [3.63, 3.8) is 0 Å². The molecule has 24 heavy (non-hydrogen) atoms. The zero-order valence-electron chi connectivity index (χ0n) is 13.6. The Morgan fingerprint density at radius 3 is 2.54 bits per heavy atom. The topological polar surface area (TPSA) is 57.9 Å². The first-order valence-corrected chi connectivity index (χ1v) is 7.53. The normalized spacial score (nSPS) is 10.8. The molecular formula is C19H18O5. The number of esters is 1. The molecule has 0 N–H and O–H groups in total. The van der Waals surface area contributed by atoms with Gasteiger partial charge in [-0.05, 0) is 12.1 Å². The summed E-state index contributed by atoms with van der Waals surface area (Å²) in [7, 11) is 3.16. The fourth-order valence-corrected chi connectivity index (χ4v) is 2.58. The van der Waals surface area contributed by atoms with E-state index in [0.717, 1.165) is 10.9 Å². The largest absolute Gasteiger partial charge is 0.496 e. The summed E-state index contributed by atoms with van der Waals surface area (Å²) in [6.07, 6.45) is 0. The number of benzene rings is 2. The van der Waals surface area contributed by atoms with E-state index < -0.39 is 5.97 Å². The number of ether oxygens (including phenoxy) is 3. The lowest BCUT2D eigenvalue weighted by Crippen LogP contribution is -2.07. The highest BCUT2D eigenvalue weighted by atomic mass is 16.5. The second-order valence-electron chi connectivity index (χ2n) is 5.23. The van der Waals surface area contributed by atoms with Crippen molar-refractivity contribution in [2.75, 3.05) is 14.2 Å². The van der Waals surface area contributed by atoms with Crippen LogP contribution in [0.2, 0.25) is 0 Å². The number of para-hydroxylation sites is 2. The van der Waals surface area contributed by atoms with Gasteiger partial charge in [0.25, 0.3) is 0 Å². The maximum Gasteiger partial charge on any atom is 0.374 e. The third-order valence-corrected chi connectivity index (χ3v) is 3.72. The summed E-state index contributed by atoms with van der Waals surface area (Å²) in [6, 6.07) is 14.8. The van der Waals surface area contributed by atoms with E-state index in [1.165, 1.54) is 0 Å². The molecule has 5 heteroatoms. The number of furan rings is 1. The Labute approximate surface area is 139 Å². The van der Waals surface area contributed by atoms with Gasteiger partial charge in [0.2, 0.25) is 5.76 Å². The minimum Gasteiger partial charge on any atom is -0.496 e. The summed E-state index contributed by atoms with van der Waals surface area (Å²) in [5.74, 6) is 0.323. The molecule has 0 saturated carbocycles. The molecule has 124 valence electrons. The monoisotopic (exact) mass is 326 g/mol. The van der Waals surface area contributed by atoms with E-state index in [1.807, 2.05) is 48.5 Å². The Hall–Kier alpha value is -2.79. The quantitative estimate of drug-likeness (QED) is 0.642. The number of hydrogen-bond acceptors (Lipinski definition) is 5. The third-order valence-electron chi connectivity index (χ3n) is 3.72. The number of methoxy groups -OCH3 is 2. The molecule has 2 aromatic carbocycles. The fraction of sp³-hybridized carbons (Fsp3) is 0.211. The van der Waals surface area contributed by atoms with Crippen molar-refractivity contribution in [3.05, 3.63) is 65.4 Å². The lowest BCUT2D eigenvalue weighted by atomic mass is 10.1. The summed E-state index contributed by atoms with van der Waals surface area (Å²) in [6.45, 7) is 0.377. The molecule has 0 radical (unpaired) electrons. The summed E-state index contributed by atoms with van der Waals surface area (Å²) < 4.78 is 21.5. The van der Waals surface area contributed by atoms with Crippen LogP contribution in [0.1, 0.15) is 21.7 Å². The predicted octanol–water partition coefficient (Wildman–Crippen LogP) is 3.94. The maximum atomic E-state index is 12.5. The second kappa shape index (κ2) is 7.19. The molecule has 5 nitrogen and oxygen atoms in total. The smallest absolute Gasteiger partial charge is 0.374 e. The standard InChI is InChI=1S/C19H18O5/c1-21-12-15-14-8-4-6-10-17(14)24-18(15)19(20)23-11-13-7-3-5-9-16(13)22-2/h3-10H,11-12H2,1-2H3. The number of carbonyl (C=O) groups is 1. The molecule has 3 aromatic rings. The lowest BCUT2D eigenvalue weighted by Gasteiger charge is -2.08. The highest BCUT2D eigenvalue weighted by molar-refractivity contribution is 5.96. The van der Waals surface area contributed by atoms with Gasteiger partial charge in [0, 0.05) is 23.6 Å². The van der Waals surface area contributed by atoms with Crippen molar-refractivity contribution >= 4 is 16.9 Å². The van der Waals surface area contributed by atoms with Crippen LogP contribution in [0.4, 0.5) is 0 Å². The van der Waals surface area contributed by atoms with Crippen LogP contribution in [0.3, 0.4) is 0 Å². The average Bonchev–Trinajstić information content (AvgIpc) is 2.99. The van der Waals surface area contributed by atoms with E-state index in [1.54, 1.807) is 14.2 Å². The summed E-state index contributed by atoms with van der Waals surface area (Å²) in [5.41, 5.74) is 2.12. The van der Waals surface area contributed by atoms with Crippen molar-refractivity contribution in [1.29, 1.82) is 0 Å². The third kappa shape index (κ3) is 3.12. The molecule has 0 atom stereocenters. The Kier molecular flexibility index (Phi) is 4.82. The summed E-state index contributed by atoms with van der Waals surface area (Å²) in [4.78, 5) is 12.5. The van der Waals surface area contributed by atoms with Crippen molar-refractivity contribution in [1.82, 2.24) is 0 Å². The molecule has 0 fully saturated rings. The fourth-order valence-electron chi connectivity index (χ4n) is 2.58. The van der Waals surface area contributed by atoms with Crippen molar-refractivity contribution in [2.45, 2.75) is 13.2 Å². The van der Waals surface area contributed by atoms with E-state index >= 15 is 0 Å². The summed E-state index contributed by atoms with van der Waals surface area (Å²) in [5, 5.41) is 0.851. The zero-order valence-corrected chi connectivity index (χ0v) is 13.6. The van der Waals surface area contributed by atoms with Crippen molar-refractivity contribution in [2.24, 2.45) is 0 Å². The number of rotatable bonds is 6. The molecule has 0 saturated heterocycles. The molecule has 0 amide bonds. The molecular weight excluding hydrogens is 308 g/mol. The van der Waals surface area contributed by atoms with Gasteiger partial charge in [0.15, 0.2) is 0 Å². The van der Waals surface area contributed by atoms with Gasteiger partial charge in [-0.2, -0.15) is 0 Å². The van der Waals surface area contributed by atoms with Gasteiger partial charge in [-0.25, -0.2) is 4.79 Å². The van der Waals surface area contributed by atoms with Crippen molar-refractivity contribution < 1.29 is 23.4 Å². The van der Waals surface area contributed by atoms with Gasteiger partial charge in [0.1, 0.15) is 17.9 Å². The van der Waals surface area contributed by atoms with E-state index in [9.17, 15) is 4.79 Å². The van der Waals surface area contributed by atoms with Gasteiger partial charge in [-0.3, -0.25) is 0 Å². The molecule has 0 unspecified atom stereocenters. The Bertz CT molecular complexity index is 850. The maximum absolute atomic E-state index is 12.5. The Balaban J connectivity index is 1.84. The van der Waals surface area contributed by atoms with Gasteiger partial charge in [0.05, 0.1) is 13.7 Å². The highest BCUT2D eigenvalue weighted by Crippen LogP contribution is 2.27. The first-order valence-electron chi connectivity index (χ1n) is 7.53. The molecule has 3 rings (SSSR count). The van der Waals surface area contributed by atoms with Crippen LogP contribution in [0.15, 0.2) is 52.9 Å². The van der Waals surface area contributed by atoms with E-state index in [-0.39, 0.29) is 19.0 Å². The number of hydrogen-bond donors (Lipinski definition) is 0. The minimum atomic E-state index is -0.524. The Morgan fingerprint density at radius 1 is 1.00 bits per heavy atom. The second-order valence-corrected chi connectivity index (χ2v) is 5.23. The Morgan fingerprint density at radius 2 is 1.75 bits per heavy atom. The minimum absolute atomic E-state index is 0.103. The van der Waals surface area contributed by atoms with Crippen LogP contribution >= 0.6 is 0 Å². The van der Waals surface area contributed by atoms with Crippen molar-refractivity contribution in [3.8, 4) is 5.75 Å². The first-order chi connectivity index (χ1) is 11.7. The van der Waals surface area contributed by atoms with Crippen LogP contribution in [-0.4, -0.2) is 20.2 Å². The summed E-state index contributed by atoms with van der Waals surface area (Å²) >= 11 is 0. The average molecular weight is 326 g/mol. The molecule has 0 spiro atoms. The predicted molar refractivity (Wildman–Crippen MR) is 89.0 cm³/mol. The van der Waals surface area contributed by atoms with Crippen LogP contribution in [0.5, 0.6) is 5.75 Å². The molecule has 1 aromatic heterocycles. The molecule has 0 aliphatic rings. The van der Waals surface area contributed by atoms with Crippen LogP contribution in [0, 0.1) is 0 Å².